The van der Waals surface area contributed by atoms with Crippen molar-refractivity contribution in [3.05, 3.63) is 118 Å². The summed E-state index contributed by atoms with van der Waals surface area (Å²) in [5, 5.41) is 3.96. The van der Waals surface area contributed by atoms with Crippen molar-refractivity contribution in [3.8, 4) is 0 Å². The Bertz CT molecular complexity index is 1180. The summed E-state index contributed by atoms with van der Waals surface area (Å²) in [5.41, 5.74) is 1.71. The van der Waals surface area contributed by atoms with Crippen LogP contribution in [0.3, 0.4) is 0 Å². The Balaban J connectivity index is 2.09. The van der Waals surface area contributed by atoms with E-state index in [9.17, 15) is 4.79 Å². The van der Waals surface area contributed by atoms with Crippen LogP contribution in [-0.4, -0.2) is 5.91 Å². The first-order valence-corrected chi connectivity index (χ1v) is 16.1. The molecule has 4 aromatic carbocycles. The number of rotatable bonds is 6. The van der Waals surface area contributed by atoms with E-state index in [0.717, 1.165) is 10.0 Å². The van der Waals surface area contributed by atoms with Crippen LogP contribution in [0.25, 0.3) is 0 Å². The van der Waals surface area contributed by atoms with Crippen molar-refractivity contribution in [3.63, 3.8) is 0 Å². The predicted molar refractivity (Wildman–Crippen MR) is 151 cm³/mol. The molecular formula is C27H23Br2ClNOP. The van der Waals surface area contributed by atoms with Gasteiger partial charge in [-0.2, -0.15) is 0 Å². The fraction of sp³-hybridized carbons (Fsp3) is 0.0741. The normalized spacial score (nSPS) is 12.5. The topological polar surface area (TPSA) is 29.1 Å². The molecule has 0 saturated carbocycles. The Hall–Kier alpha value is -1.97. The third kappa shape index (κ3) is 4.55. The van der Waals surface area contributed by atoms with Gasteiger partial charge in [-0.1, -0.05) is 0 Å². The number of amides is 1. The third-order valence-electron chi connectivity index (χ3n) is 5.81. The summed E-state index contributed by atoms with van der Waals surface area (Å²) in [4.78, 5) is 12.1. The van der Waals surface area contributed by atoms with Crippen molar-refractivity contribution < 1.29 is 4.79 Å². The Morgan fingerprint density at radius 3 is 1.64 bits per heavy atom. The van der Waals surface area contributed by atoms with Crippen molar-refractivity contribution in [2.24, 2.45) is 0 Å². The summed E-state index contributed by atoms with van der Waals surface area (Å²) in [6.45, 7) is 1.51. The number of carbonyl (C=O) groups excluding carboxylic acids is 1. The first kappa shape index (κ1) is 24.2. The van der Waals surface area contributed by atoms with Crippen LogP contribution in [0.4, 0.5) is 5.69 Å². The molecule has 0 saturated heterocycles. The summed E-state index contributed by atoms with van der Waals surface area (Å²) in [7, 11) is 0. The fourth-order valence-corrected chi connectivity index (χ4v) is 12.5. The summed E-state index contributed by atoms with van der Waals surface area (Å²) in [6.07, 6.45) is 0.648. The molecule has 1 amide bonds. The molecule has 0 radical (unpaired) electrons. The zero-order valence-corrected chi connectivity index (χ0v) is 22.8. The van der Waals surface area contributed by atoms with Crippen molar-refractivity contribution in [2.45, 2.75) is 13.1 Å². The second kappa shape index (κ2) is 9.72. The van der Waals surface area contributed by atoms with E-state index in [1.807, 2.05) is 30.3 Å². The standard InChI is InChI=1S/C27H23Br2ClNOP/c1-20(32)31-27-18-26(30)25(28)17-21(27)19-33(29,22-11-5-2-6-12-22,23-13-7-3-8-14-23)24-15-9-4-10-16-24/h2-18H,19H2,1H3,(H,31,32). The first-order chi connectivity index (χ1) is 15.8. The number of hydrogen-bond donors (Lipinski definition) is 1. The van der Waals surface area contributed by atoms with E-state index in [2.05, 4.69) is 110 Å². The Morgan fingerprint density at radius 1 is 0.818 bits per heavy atom. The summed E-state index contributed by atoms with van der Waals surface area (Å²) in [6, 6.07) is 35.6. The molecule has 0 aliphatic heterocycles. The summed E-state index contributed by atoms with van der Waals surface area (Å²) in [5.74, 6) is -0.135. The van der Waals surface area contributed by atoms with Crippen molar-refractivity contribution >= 4 is 75.8 Å². The van der Waals surface area contributed by atoms with Crippen molar-refractivity contribution in [1.82, 2.24) is 0 Å². The number of nitrogens with one attached hydrogen (secondary N) is 1. The van der Waals surface area contributed by atoms with Gasteiger partial charge in [-0.05, 0) is 0 Å². The average molecular weight is 604 g/mol. The minimum atomic E-state index is -3.21. The predicted octanol–water partition coefficient (Wildman–Crippen LogP) is 7.40. The summed E-state index contributed by atoms with van der Waals surface area (Å²) >= 11 is 14.5. The molecule has 6 heteroatoms. The number of hydrogen-bond acceptors (Lipinski definition) is 1. The van der Waals surface area contributed by atoms with Crippen LogP contribution < -0.4 is 21.2 Å². The molecule has 4 rings (SSSR count). The van der Waals surface area contributed by atoms with E-state index in [-0.39, 0.29) is 5.91 Å². The van der Waals surface area contributed by atoms with Gasteiger partial charge in [-0.3, -0.25) is 0 Å². The number of carbonyl (C=O) groups is 1. The van der Waals surface area contributed by atoms with Gasteiger partial charge in [0.15, 0.2) is 0 Å². The molecule has 0 bridgehead atoms. The maximum absolute atomic E-state index is 12.1. The molecule has 168 valence electrons. The van der Waals surface area contributed by atoms with Gasteiger partial charge in [0.25, 0.3) is 0 Å². The van der Waals surface area contributed by atoms with Crippen LogP contribution in [0, 0.1) is 0 Å². The van der Waals surface area contributed by atoms with Crippen LogP contribution in [0.15, 0.2) is 108 Å². The van der Waals surface area contributed by atoms with Gasteiger partial charge in [0, 0.05) is 0 Å². The quantitative estimate of drug-likeness (QED) is 0.229. The molecule has 2 nitrogen and oxygen atoms in total. The van der Waals surface area contributed by atoms with Gasteiger partial charge in [0.2, 0.25) is 0 Å². The van der Waals surface area contributed by atoms with Gasteiger partial charge in [0.1, 0.15) is 0 Å². The van der Waals surface area contributed by atoms with Gasteiger partial charge in [-0.15, -0.1) is 0 Å². The molecule has 0 spiro atoms. The van der Waals surface area contributed by atoms with Crippen LogP contribution in [0.1, 0.15) is 12.5 Å². The third-order valence-corrected chi connectivity index (χ3v) is 16.5. The van der Waals surface area contributed by atoms with Gasteiger partial charge < -0.3 is 0 Å². The van der Waals surface area contributed by atoms with Gasteiger partial charge >= 0.3 is 217 Å². The van der Waals surface area contributed by atoms with Crippen LogP contribution >= 0.6 is 48.3 Å². The molecule has 0 aliphatic carbocycles. The van der Waals surface area contributed by atoms with Crippen molar-refractivity contribution in [2.75, 3.05) is 5.32 Å². The molecule has 4 aromatic rings. The fourth-order valence-electron chi connectivity index (χ4n) is 4.28. The maximum atomic E-state index is 12.1. The number of anilines is 1. The Labute approximate surface area is 216 Å². The Kier molecular flexibility index (Phi) is 7.12. The monoisotopic (exact) mass is 601 g/mol. The molecule has 0 unspecified atom stereocenters. The summed E-state index contributed by atoms with van der Waals surface area (Å²) < 4.78 is 0.792. The number of halogens is 3. The molecule has 0 aromatic heterocycles. The SMILES string of the molecule is CC(=O)Nc1cc(Cl)c(Br)cc1CP(Br)(c1ccccc1)(c1ccccc1)c1ccccc1. The minimum absolute atomic E-state index is 0.135. The average Bonchev–Trinajstić information content (AvgIpc) is 2.84. The zero-order valence-electron chi connectivity index (χ0n) is 18.0. The van der Waals surface area contributed by atoms with Crippen molar-refractivity contribution in [1.29, 1.82) is 0 Å². The number of benzene rings is 4. The van der Waals surface area contributed by atoms with E-state index in [4.69, 9.17) is 11.6 Å². The molecular weight excluding hydrogens is 581 g/mol. The molecule has 0 aliphatic rings. The van der Waals surface area contributed by atoms with Gasteiger partial charge in [0.05, 0.1) is 0 Å². The van der Waals surface area contributed by atoms with E-state index in [1.54, 1.807) is 0 Å². The van der Waals surface area contributed by atoms with Crippen LogP contribution in [0.5, 0.6) is 0 Å². The van der Waals surface area contributed by atoms with Gasteiger partial charge in [-0.25, -0.2) is 0 Å². The molecule has 1 N–H and O–H groups in total. The molecule has 0 atom stereocenters. The second-order valence-corrected chi connectivity index (χ2v) is 18.1. The molecule has 33 heavy (non-hydrogen) atoms. The van der Waals surface area contributed by atoms with E-state index in [1.165, 1.54) is 22.8 Å². The Morgan fingerprint density at radius 2 is 1.24 bits per heavy atom. The first-order valence-electron chi connectivity index (χ1n) is 10.5. The van der Waals surface area contributed by atoms with E-state index < -0.39 is 5.31 Å². The van der Waals surface area contributed by atoms with E-state index in [0.29, 0.717) is 16.9 Å². The zero-order chi connectivity index (χ0) is 23.5. The molecule has 0 heterocycles. The van der Waals surface area contributed by atoms with Crippen LogP contribution in [0.2, 0.25) is 5.02 Å². The van der Waals surface area contributed by atoms with E-state index >= 15 is 0 Å². The second-order valence-electron chi connectivity index (χ2n) is 7.95. The van der Waals surface area contributed by atoms with Crippen LogP contribution in [-0.2, 0) is 11.0 Å². The molecule has 0 fully saturated rings.